The highest BCUT2D eigenvalue weighted by molar-refractivity contribution is 7.87. The van der Waals surface area contributed by atoms with Crippen LogP contribution in [0.5, 0.6) is 5.75 Å². The van der Waals surface area contributed by atoms with E-state index in [2.05, 4.69) is 26.3 Å². The molecular weight excluding hydrogens is 657 g/mol. The van der Waals surface area contributed by atoms with Crippen LogP contribution >= 0.6 is 0 Å². The number of nitrogens with one attached hydrogen (secondary N) is 1. The van der Waals surface area contributed by atoms with Crippen LogP contribution in [0.3, 0.4) is 0 Å². The monoisotopic (exact) mass is 702 g/mol. The number of nitrogens with zero attached hydrogens (tertiary/aromatic N) is 5. The SMILES string of the molecule is COc1ccc2c(c1)C1CC1(C(=O)N1[C@@H]3C[C@H]1CN(C(=O)N(C)C)C3)Cn1c-2c(C2CCCCC2)c2ccc(C(=O)NS(=O)(=O)N(C)C)cc21. The van der Waals surface area contributed by atoms with Crippen molar-refractivity contribution in [1.29, 1.82) is 0 Å². The molecule has 266 valence electrons. The molecule has 13 heteroatoms. The summed E-state index contributed by atoms with van der Waals surface area (Å²) < 4.78 is 36.4. The number of rotatable bonds is 6. The molecule has 2 saturated carbocycles. The Labute approximate surface area is 293 Å². The molecule has 50 heavy (non-hydrogen) atoms. The number of carbonyl (C=O) groups is 3. The van der Waals surface area contributed by atoms with Crippen molar-refractivity contribution in [2.24, 2.45) is 5.41 Å². The summed E-state index contributed by atoms with van der Waals surface area (Å²) in [6.45, 7) is 1.51. The Morgan fingerprint density at radius 1 is 0.960 bits per heavy atom. The van der Waals surface area contributed by atoms with Gasteiger partial charge in [-0.1, -0.05) is 25.3 Å². The first-order valence-corrected chi connectivity index (χ1v) is 19.2. The van der Waals surface area contributed by atoms with Crippen molar-refractivity contribution in [3.05, 3.63) is 53.1 Å². The Hall–Kier alpha value is -4.10. The highest BCUT2D eigenvalue weighted by Gasteiger charge is 2.66. The van der Waals surface area contributed by atoms with Gasteiger partial charge in [0.25, 0.3) is 5.91 Å². The van der Waals surface area contributed by atoms with Gasteiger partial charge in [-0.2, -0.15) is 12.7 Å². The van der Waals surface area contributed by atoms with Gasteiger partial charge in [0, 0.05) is 75.8 Å². The van der Waals surface area contributed by atoms with Crippen LogP contribution in [0, 0.1) is 5.41 Å². The molecule has 0 radical (unpaired) electrons. The van der Waals surface area contributed by atoms with Crippen molar-refractivity contribution < 1.29 is 27.5 Å². The third kappa shape index (κ3) is 5.02. The average molecular weight is 703 g/mol. The molecule has 3 aliphatic heterocycles. The molecule has 4 heterocycles. The van der Waals surface area contributed by atoms with E-state index in [0.717, 1.165) is 69.9 Å². The second-order valence-corrected chi connectivity index (χ2v) is 17.2. The minimum Gasteiger partial charge on any atom is -0.497 e. The van der Waals surface area contributed by atoms with Gasteiger partial charge in [0.1, 0.15) is 5.75 Å². The number of piperidine rings is 1. The number of ether oxygens (including phenoxy) is 1. The number of fused-ring (bicyclic) bond motifs is 9. The van der Waals surface area contributed by atoms with E-state index in [9.17, 15) is 22.8 Å². The average Bonchev–Trinajstić information content (AvgIpc) is 3.77. The lowest BCUT2D eigenvalue weighted by atomic mass is 9.81. The number of likely N-dealkylation sites (tertiary alicyclic amines) is 2. The largest absolute Gasteiger partial charge is 0.497 e. The molecule has 8 rings (SSSR count). The van der Waals surface area contributed by atoms with Crippen LogP contribution in [0.15, 0.2) is 36.4 Å². The number of urea groups is 1. The molecule has 2 unspecified atom stereocenters. The number of amides is 4. The van der Waals surface area contributed by atoms with Crippen LogP contribution in [-0.4, -0.2) is 110 Å². The molecule has 2 saturated heterocycles. The van der Waals surface area contributed by atoms with Gasteiger partial charge in [-0.25, -0.2) is 9.52 Å². The molecule has 4 amide bonds. The summed E-state index contributed by atoms with van der Waals surface area (Å²) in [5, 5.41) is 1.04. The van der Waals surface area contributed by atoms with Crippen LogP contribution in [0.4, 0.5) is 4.79 Å². The Bertz CT molecular complexity index is 2020. The van der Waals surface area contributed by atoms with Gasteiger partial charge in [-0.3, -0.25) is 9.59 Å². The molecule has 2 aromatic carbocycles. The first kappa shape index (κ1) is 33.1. The normalized spacial score (nSPS) is 25.6. The van der Waals surface area contributed by atoms with Crippen LogP contribution in [0.2, 0.25) is 0 Å². The fourth-order valence-electron chi connectivity index (χ4n) is 9.33. The maximum Gasteiger partial charge on any atom is 0.319 e. The van der Waals surface area contributed by atoms with Gasteiger partial charge < -0.3 is 24.0 Å². The zero-order chi connectivity index (χ0) is 35.3. The smallest absolute Gasteiger partial charge is 0.319 e. The van der Waals surface area contributed by atoms with Crippen molar-refractivity contribution in [3.8, 4) is 17.0 Å². The van der Waals surface area contributed by atoms with E-state index >= 15 is 0 Å². The van der Waals surface area contributed by atoms with Crippen LogP contribution in [-0.2, 0) is 21.5 Å². The highest BCUT2D eigenvalue weighted by atomic mass is 32.2. The fourth-order valence-corrected chi connectivity index (χ4v) is 9.86. The maximum absolute atomic E-state index is 15.0. The van der Waals surface area contributed by atoms with Crippen molar-refractivity contribution in [3.63, 3.8) is 0 Å². The van der Waals surface area contributed by atoms with Crippen molar-refractivity contribution in [2.45, 2.75) is 75.4 Å². The summed E-state index contributed by atoms with van der Waals surface area (Å²) in [6, 6.07) is 11.7. The van der Waals surface area contributed by atoms with Crippen LogP contribution in [0.25, 0.3) is 22.2 Å². The number of hydrogen-bond donors (Lipinski definition) is 1. The summed E-state index contributed by atoms with van der Waals surface area (Å²) in [5.41, 5.74) is 4.93. The Morgan fingerprint density at radius 2 is 1.68 bits per heavy atom. The van der Waals surface area contributed by atoms with E-state index in [1.807, 2.05) is 17.0 Å². The van der Waals surface area contributed by atoms with Gasteiger partial charge >= 0.3 is 16.2 Å². The predicted molar refractivity (Wildman–Crippen MR) is 189 cm³/mol. The van der Waals surface area contributed by atoms with Gasteiger partial charge in [0.05, 0.1) is 30.3 Å². The number of benzene rings is 2. The number of carbonyl (C=O) groups excluding carboxylic acids is 3. The van der Waals surface area contributed by atoms with E-state index < -0.39 is 21.5 Å². The van der Waals surface area contributed by atoms with E-state index in [4.69, 9.17) is 4.74 Å². The molecule has 3 aromatic rings. The third-order valence-electron chi connectivity index (χ3n) is 12.0. The van der Waals surface area contributed by atoms with E-state index in [-0.39, 0.29) is 35.5 Å². The quantitative estimate of drug-likeness (QED) is 0.408. The molecule has 0 spiro atoms. The standard InChI is InChI=1S/C37H46N6O6S/c1-39(2)36(46)41-19-24-16-25(20-41)43(24)35(45)37-18-30(37)29-17-26(49-5)12-14-27(29)33-32(22-9-7-6-8-10-22)28-13-11-23(15-31(28)42(33)21-37)34(44)38-50(47,48)40(3)4/h11-15,17,22,24-25,30H,6-10,16,18-21H2,1-5H3,(H,38,44)/t24-,25+,30?,37?. The molecule has 1 N–H and O–H groups in total. The number of methoxy groups -OCH3 is 1. The third-order valence-corrected chi connectivity index (χ3v) is 13.4. The lowest BCUT2D eigenvalue weighted by Gasteiger charge is -2.57. The van der Waals surface area contributed by atoms with Gasteiger partial charge in [-0.15, -0.1) is 0 Å². The molecule has 2 bridgehead atoms. The molecule has 12 nitrogen and oxygen atoms in total. The number of hydrogen-bond acceptors (Lipinski definition) is 6. The predicted octanol–water partition coefficient (Wildman–Crippen LogP) is 4.35. The molecular formula is C37H46N6O6S. The zero-order valence-electron chi connectivity index (χ0n) is 29.4. The number of piperazine rings is 1. The minimum absolute atomic E-state index is 0.00759. The van der Waals surface area contributed by atoms with Crippen molar-refractivity contribution >= 4 is 39.0 Å². The summed E-state index contributed by atoms with van der Waals surface area (Å²) >= 11 is 0. The minimum atomic E-state index is -3.99. The van der Waals surface area contributed by atoms with Crippen LogP contribution < -0.4 is 9.46 Å². The van der Waals surface area contributed by atoms with Crippen molar-refractivity contribution in [1.82, 2.24) is 28.3 Å². The lowest BCUT2D eigenvalue weighted by molar-refractivity contribution is -0.159. The second-order valence-electron chi connectivity index (χ2n) is 15.3. The lowest BCUT2D eigenvalue weighted by Crippen LogP contribution is -2.72. The summed E-state index contributed by atoms with van der Waals surface area (Å²) in [5.74, 6) is 0.499. The fraction of sp³-hybridized carbons (Fsp3) is 0.541. The van der Waals surface area contributed by atoms with Gasteiger partial charge in [-0.05, 0) is 73.1 Å². The zero-order valence-corrected chi connectivity index (χ0v) is 30.3. The number of aromatic nitrogens is 1. The topological polar surface area (TPSA) is 124 Å². The Morgan fingerprint density at radius 3 is 2.34 bits per heavy atom. The van der Waals surface area contributed by atoms with E-state index in [1.54, 1.807) is 38.2 Å². The second kappa shape index (κ2) is 11.7. The summed E-state index contributed by atoms with van der Waals surface area (Å²) in [4.78, 5) is 46.7. The van der Waals surface area contributed by atoms with Crippen molar-refractivity contribution in [2.75, 3.05) is 48.4 Å². The van der Waals surface area contributed by atoms with Gasteiger partial charge in [0.2, 0.25) is 5.91 Å². The maximum atomic E-state index is 15.0. The molecule has 5 aliphatic rings. The Kier molecular flexibility index (Phi) is 7.76. The molecule has 1 aromatic heterocycles. The van der Waals surface area contributed by atoms with E-state index in [0.29, 0.717) is 32.0 Å². The van der Waals surface area contributed by atoms with Gasteiger partial charge in [0.15, 0.2) is 0 Å². The summed E-state index contributed by atoms with van der Waals surface area (Å²) in [6.07, 6.45) is 7.21. The van der Waals surface area contributed by atoms with Crippen LogP contribution in [0.1, 0.15) is 78.3 Å². The summed E-state index contributed by atoms with van der Waals surface area (Å²) in [7, 11) is 3.94. The van der Waals surface area contributed by atoms with E-state index in [1.165, 1.54) is 26.1 Å². The molecule has 4 atom stereocenters. The first-order chi connectivity index (χ1) is 23.8. The highest BCUT2D eigenvalue weighted by Crippen LogP contribution is 2.67. The molecule has 2 aliphatic carbocycles. The molecule has 4 fully saturated rings. The Balaban J connectivity index is 1.26. The first-order valence-electron chi connectivity index (χ1n) is 17.7.